The van der Waals surface area contributed by atoms with Crippen molar-refractivity contribution in [1.82, 2.24) is 18.0 Å². The van der Waals surface area contributed by atoms with Crippen LogP contribution in [0.3, 0.4) is 0 Å². The van der Waals surface area contributed by atoms with Gasteiger partial charge in [-0.05, 0) is 37.8 Å². The second-order valence-electron chi connectivity index (χ2n) is 7.71. The lowest BCUT2D eigenvalue weighted by Crippen LogP contribution is -2.49. The standard InChI is InChI=1S/C19H24N4O5S2/c1-28-19(25)13-7-10-22(11-8-13)18(24)14-4-3-9-23(12-14)30(26,27)16-6-2-5-15-17(16)21-29-20-15/h2,5-6,13-14H,3-4,7-12H2,1H3. The lowest BCUT2D eigenvalue weighted by atomic mass is 9.93. The molecule has 0 radical (unpaired) electrons. The molecule has 0 saturated carbocycles. The van der Waals surface area contributed by atoms with Gasteiger partial charge in [0.25, 0.3) is 0 Å². The number of carbonyl (C=O) groups excluding carboxylic acids is 2. The number of carbonyl (C=O) groups is 2. The Bertz CT molecular complexity index is 1050. The Morgan fingerprint density at radius 2 is 1.87 bits per heavy atom. The van der Waals surface area contributed by atoms with Gasteiger partial charge in [-0.25, -0.2) is 8.42 Å². The van der Waals surface area contributed by atoms with Crippen molar-refractivity contribution in [3.05, 3.63) is 18.2 Å². The first-order valence-electron chi connectivity index (χ1n) is 10.00. The van der Waals surface area contributed by atoms with Gasteiger partial charge < -0.3 is 9.64 Å². The Hall–Kier alpha value is -2.11. The van der Waals surface area contributed by atoms with Crippen LogP contribution in [0.25, 0.3) is 11.0 Å². The molecule has 2 aliphatic rings. The van der Waals surface area contributed by atoms with Gasteiger partial charge in [-0.1, -0.05) is 6.07 Å². The summed E-state index contributed by atoms with van der Waals surface area (Å²) in [5, 5.41) is 0. The van der Waals surface area contributed by atoms with Crippen LogP contribution in [0, 0.1) is 11.8 Å². The molecule has 1 atom stereocenters. The molecule has 1 amide bonds. The SMILES string of the molecule is COC(=O)C1CCN(C(=O)C2CCCN(S(=O)(=O)c3cccc4nsnc34)C2)CC1. The molecule has 4 rings (SSSR count). The lowest BCUT2D eigenvalue weighted by molar-refractivity contribution is -0.149. The number of benzene rings is 1. The third kappa shape index (κ3) is 3.93. The molecular formula is C19H24N4O5S2. The third-order valence-electron chi connectivity index (χ3n) is 5.94. The highest BCUT2D eigenvalue weighted by atomic mass is 32.2. The number of likely N-dealkylation sites (tertiary alicyclic amines) is 1. The fraction of sp³-hybridized carbons (Fsp3) is 0.579. The van der Waals surface area contributed by atoms with E-state index in [-0.39, 0.29) is 35.2 Å². The molecule has 2 aliphatic heterocycles. The van der Waals surface area contributed by atoms with Crippen LogP contribution >= 0.6 is 11.7 Å². The van der Waals surface area contributed by atoms with Crippen molar-refractivity contribution in [3.63, 3.8) is 0 Å². The van der Waals surface area contributed by atoms with Gasteiger partial charge >= 0.3 is 5.97 Å². The number of esters is 1. The number of ether oxygens (including phenoxy) is 1. The van der Waals surface area contributed by atoms with Crippen molar-refractivity contribution in [3.8, 4) is 0 Å². The van der Waals surface area contributed by atoms with Gasteiger partial charge in [0.15, 0.2) is 0 Å². The molecule has 0 N–H and O–H groups in total. The quantitative estimate of drug-likeness (QED) is 0.647. The first-order valence-corrected chi connectivity index (χ1v) is 12.2. The predicted octanol–water partition coefficient (Wildman–Crippen LogP) is 1.50. The van der Waals surface area contributed by atoms with Gasteiger partial charge in [-0.15, -0.1) is 0 Å². The summed E-state index contributed by atoms with van der Waals surface area (Å²) < 4.78 is 41.0. The molecule has 1 aromatic heterocycles. The molecule has 0 spiro atoms. The highest BCUT2D eigenvalue weighted by molar-refractivity contribution is 7.89. The smallest absolute Gasteiger partial charge is 0.308 e. The van der Waals surface area contributed by atoms with Crippen molar-refractivity contribution < 1.29 is 22.7 Å². The van der Waals surface area contributed by atoms with E-state index in [1.807, 2.05) is 0 Å². The van der Waals surface area contributed by atoms with Crippen molar-refractivity contribution in [2.45, 2.75) is 30.6 Å². The molecule has 1 aromatic carbocycles. The highest BCUT2D eigenvalue weighted by Crippen LogP contribution is 2.29. The van der Waals surface area contributed by atoms with E-state index in [0.717, 1.165) is 11.7 Å². The van der Waals surface area contributed by atoms with Crippen LogP contribution < -0.4 is 0 Å². The molecule has 2 aromatic rings. The number of methoxy groups -OCH3 is 1. The number of sulfonamides is 1. The normalized spacial score (nSPS) is 21.6. The van der Waals surface area contributed by atoms with Crippen LogP contribution in [0.2, 0.25) is 0 Å². The second kappa shape index (κ2) is 8.56. The second-order valence-corrected chi connectivity index (χ2v) is 10.1. The molecule has 30 heavy (non-hydrogen) atoms. The maximum absolute atomic E-state index is 13.3. The van der Waals surface area contributed by atoms with Crippen LogP contribution in [0.5, 0.6) is 0 Å². The number of fused-ring (bicyclic) bond motifs is 1. The summed E-state index contributed by atoms with van der Waals surface area (Å²) in [4.78, 5) is 26.6. The Morgan fingerprint density at radius 3 is 2.60 bits per heavy atom. The fourth-order valence-corrected chi connectivity index (χ4v) is 6.53. The van der Waals surface area contributed by atoms with Crippen LogP contribution in [-0.2, 0) is 24.3 Å². The number of rotatable bonds is 4. The minimum atomic E-state index is -3.77. The maximum Gasteiger partial charge on any atom is 0.308 e. The number of piperidine rings is 2. The van der Waals surface area contributed by atoms with E-state index in [0.29, 0.717) is 56.4 Å². The van der Waals surface area contributed by atoms with E-state index in [4.69, 9.17) is 4.74 Å². The highest BCUT2D eigenvalue weighted by Gasteiger charge is 2.37. The van der Waals surface area contributed by atoms with Crippen LogP contribution in [0.15, 0.2) is 23.1 Å². The first-order chi connectivity index (χ1) is 14.4. The largest absolute Gasteiger partial charge is 0.469 e. The monoisotopic (exact) mass is 452 g/mol. The van der Waals surface area contributed by atoms with Crippen LogP contribution in [0.4, 0.5) is 0 Å². The zero-order valence-electron chi connectivity index (χ0n) is 16.7. The van der Waals surface area contributed by atoms with Gasteiger partial charge in [0, 0.05) is 26.2 Å². The summed E-state index contributed by atoms with van der Waals surface area (Å²) in [6.07, 6.45) is 2.43. The first kappa shape index (κ1) is 21.1. The Labute approximate surface area is 179 Å². The fourth-order valence-electron chi connectivity index (χ4n) is 4.25. The summed E-state index contributed by atoms with van der Waals surface area (Å²) in [6.45, 7) is 1.52. The molecule has 3 heterocycles. The number of hydrogen-bond acceptors (Lipinski definition) is 8. The molecule has 0 aliphatic carbocycles. The Balaban J connectivity index is 1.46. The predicted molar refractivity (Wildman–Crippen MR) is 110 cm³/mol. The average Bonchev–Trinajstić information content (AvgIpc) is 3.27. The van der Waals surface area contributed by atoms with Crippen LogP contribution in [-0.4, -0.2) is 71.5 Å². The summed E-state index contributed by atoms with van der Waals surface area (Å²) in [6, 6.07) is 4.94. The Kier molecular flexibility index (Phi) is 6.03. The topological polar surface area (TPSA) is 110 Å². The number of hydrogen-bond donors (Lipinski definition) is 0. The molecule has 0 bridgehead atoms. The van der Waals surface area contributed by atoms with E-state index >= 15 is 0 Å². The summed E-state index contributed by atoms with van der Waals surface area (Å²) in [7, 11) is -2.40. The van der Waals surface area contributed by atoms with E-state index < -0.39 is 10.0 Å². The Morgan fingerprint density at radius 1 is 1.10 bits per heavy atom. The van der Waals surface area contributed by atoms with E-state index in [1.165, 1.54) is 11.4 Å². The minimum absolute atomic E-state index is 0.0354. The third-order valence-corrected chi connectivity index (χ3v) is 8.38. The lowest BCUT2D eigenvalue weighted by Gasteiger charge is -2.37. The number of amides is 1. The van der Waals surface area contributed by atoms with Crippen molar-refractivity contribution in [2.24, 2.45) is 11.8 Å². The molecule has 2 saturated heterocycles. The summed E-state index contributed by atoms with van der Waals surface area (Å²) in [5.41, 5.74) is 0.931. The van der Waals surface area contributed by atoms with Gasteiger partial charge in [-0.2, -0.15) is 13.1 Å². The van der Waals surface area contributed by atoms with E-state index in [1.54, 1.807) is 23.1 Å². The van der Waals surface area contributed by atoms with Crippen LogP contribution in [0.1, 0.15) is 25.7 Å². The van der Waals surface area contributed by atoms with Gasteiger partial charge in [0.05, 0.1) is 30.7 Å². The van der Waals surface area contributed by atoms with Gasteiger partial charge in [0.2, 0.25) is 15.9 Å². The molecule has 1 unspecified atom stereocenters. The van der Waals surface area contributed by atoms with E-state index in [2.05, 4.69) is 8.75 Å². The summed E-state index contributed by atoms with van der Waals surface area (Å²) in [5.74, 6) is -0.819. The van der Waals surface area contributed by atoms with Crippen molar-refractivity contribution in [2.75, 3.05) is 33.3 Å². The molecule has 162 valence electrons. The van der Waals surface area contributed by atoms with Gasteiger partial charge in [-0.3, -0.25) is 9.59 Å². The van der Waals surface area contributed by atoms with E-state index in [9.17, 15) is 18.0 Å². The van der Waals surface area contributed by atoms with Gasteiger partial charge in [0.1, 0.15) is 15.9 Å². The zero-order chi connectivity index (χ0) is 21.3. The molecule has 9 nitrogen and oxygen atoms in total. The molecule has 2 fully saturated rings. The minimum Gasteiger partial charge on any atom is -0.469 e. The number of aromatic nitrogens is 2. The zero-order valence-corrected chi connectivity index (χ0v) is 18.3. The molecular weight excluding hydrogens is 428 g/mol. The molecule has 11 heteroatoms. The van der Waals surface area contributed by atoms with Crippen molar-refractivity contribution in [1.29, 1.82) is 0 Å². The maximum atomic E-state index is 13.3. The van der Waals surface area contributed by atoms with Crippen molar-refractivity contribution >= 4 is 44.7 Å². The average molecular weight is 453 g/mol. The number of nitrogens with zero attached hydrogens (tertiary/aromatic N) is 4. The summed E-state index contributed by atoms with van der Waals surface area (Å²) >= 11 is 0.981.